The molecule has 9 nitrogen and oxygen atoms in total. The molecule has 0 fully saturated rings. The van der Waals surface area contributed by atoms with Crippen LogP contribution in [-0.4, -0.2) is 56.2 Å². The van der Waals surface area contributed by atoms with E-state index in [0.29, 0.717) is 42.1 Å². The molecule has 10 heteroatoms. The summed E-state index contributed by atoms with van der Waals surface area (Å²) in [4.78, 5) is 9.06. The summed E-state index contributed by atoms with van der Waals surface area (Å²) in [6.07, 6.45) is 1.97. The Labute approximate surface area is 213 Å². The quantitative estimate of drug-likeness (QED) is 0.276. The Balaban J connectivity index is 0.00000481. The average molecular weight is 512 g/mol. The van der Waals surface area contributed by atoms with Gasteiger partial charge in [-0.2, -0.15) is 0 Å². The van der Waals surface area contributed by atoms with Gasteiger partial charge < -0.3 is 14.8 Å². The van der Waals surface area contributed by atoms with Crippen LogP contribution in [0, 0.1) is 17.7 Å². The highest BCUT2D eigenvalue weighted by molar-refractivity contribution is 7.92. The van der Waals surface area contributed by atoms with Gasteiger partial charge in [-0.1, -0.05) is 24.3 Å². The lowest BCUT2D eigenvalue weighted by Crippen LogP contribution is -2.19. The Morgan fingerprint density at radius 1 is 1.08 bits per heavy atom. The van der Waals surface area contributed by atoms with Gasteiger partial charge in [0.2, 0.25) is 11.8 Å². The second-order valence-corrected chi connectivity index (χ2v) is 10.7. The topological polar surface area (TPSA) is 138 Å². The van der Waals surface area contributed by atoms with Crippen LogP contribution in [0.5, 0.6) is 0 Å². The predicted octanol–water partition coefficient (Wildman–Crippen LogP) is 3.98. The van der Waals surface area contributed by atoms with Crippen molar-refractivity contribution in [2.24, 2.45) is 0 Å². The van der Waals surface area contributed by atoms with E-state index in [2.05, 4.69) is 15.3 Å². The summed E-state index contributed by atoms with van der Waals surface area (Å²) in [5.74, 6) is -0.461. The maximum atomic E-state index is 12.8. The van der Waals surface area contributed by atoms with Gasteiger partial charge in [0.05, 0.1) is 27.7 Å². The Morgan fingerprint density at radius 3 is 2.36 bits per heavy atom. The second kappa shape index (κ2) is 12.0. The number of aryl methyl sites for hydroxylation is 1. The van der Waals surface area contributed by atoms with E-state index in [4.69, 9.17) is 20.3 Å². The van der Waals surface area contributed by atoms with Crippen LogP contribution in [0.1, 0.15) is 37.3 Å². The molecule has 2 aromatic carbocycles. The first-order valence-electron chi connectivity index (χ1n) is 11.4. The van der Waals surface area contributed by atoms with Crippen molar-refractivity contribution in [2.75, 3.05) is 20.8 Å². The summed E-state index contributed by atoms with van der Waals surface area (Å²) in [5, 5.41) is 19.1. The van der Waals surface area contributed by atoms with Gasteiger partial charge in [0.1, 0.15) is 5.69 Å². The molecule has 0 aliphatic heterocycles. The minimum atomic E-state index is -3.48. The summed E-state index contributed by atoms with van der Waals surface area (Å²) in [6.45, 7) is 4.45. The zero-order valence-corrected chi connectivity index (χ0v) is 21.6. The lowest BCUT2D eigenvalue weighted by atomic mass is 10.1. The molecule has 1 unspecified atom stereocenters. The Bertz CT molecular complexity index is 1330. The summed E-state index contributed by atoms with van der Waals surface area (Å²) in [6, 6.07) is 13.7. The molecular weight excluding hydrogens is 478 g/mol. The number of hydrogen-bond donors (Lipinski definition) is 3. The monoisotopic (exact) mass is 511 g/mol. The number of rotatable bonds is 10. The van der Waals surface area contributed by atoms with Gasteiger partial charge in [-0.3, -0.25) is 15.8 Å². The third-order valence-corrected chi connectivity index (χ3v) is 7.93. The third kappa shape index (κ3) is 6.39. The molecule has 1 atom stereocenters. The smallest absolute Gasteiger partial charge is 0.241 e. The van der Waals surface area contributed by atoms with Crippen molar-refractivity contribution in [3.63, 3.8) is 0 Å². The van der Waals surface area contributed by atoms with Gasteiger partial charge in [-0.25, -0.2) is 13.4 Å². The molecule has 0 radical (unpaired) electrons. The highest BCUT2D eigenvalue weighted by atomic mass is 32.2. The van der Waals surface area contributed by atoms with E-state index in [9.17, 15) is 8.42 Å². The van der Waals surface area contributed by atoms with E-state index >= 15 is 0 Å². The Hall–Kier alpha value is -3.47. The molecule has 0 spiro atoms. The largest absolute Gasteiger partial charge is 0.419 e. The summed E-state index contributed by atoms with van der Waals surface area (Å²) in [7, 11) is -0.0786. The average Bonchev–Trinajstić information content (AvgIpc) is 2.88. The molecule has 3 rings (SSSR count). The number of nitrogens with zero attached hydrogens (tertiary/aromatic N) is 2. The molecule has 0 saturated heterocycles. The van der Waals surface area contributed by atoms with Gasteiger partial charge in [0, 0.05) is 32.8 Å². The van der Waals surface area contributed by atoms with Crippen LogP contribution < -0.4 is 5.32 Å². The van der Waals surface area contributed by atoms with Gasteiger partial charge in [0.15, 0.2) is 9.84 Å². The van der Waals surface area contributed by atoms with Crippen LogP contribution in [0.15, 0.2) is 59.6 Å². The van der Waals surface area contributed by atoms with Crippen molar-refractivity contribution in [1.29, 1.82) is 10.8 Å². The number of methoxy groups -OCH3 is 1. The fourth-order valence-corrected chi connectivity index (χ4v) is 4.86. The number of sulfone groups is 1. The minimum Gasteiger partial charge on any atom is -0.419 e. The fourth-order valence-electron chi connectivity index (χ4n) is 3.48. The van der Waals surface area contributed by atoms with Crippen LogP contribution in [-0.2, 0) is 25.9 Å². The highest BCUT2D eigenvalue weighted by Gasteiger charge is 2.23. The third-order valence-electron chi connectivity index (χ3n) is 5.71. The molecule has 0 saturated carbocycles. The molecule has 36 heavy (non-hydrogen) atoms. The Kier molecular flexibility index (Phi) is 9.03. The summed E-state index contributed by atoms with van der Waals surface area (Å²) >= 11 is 0. The molecule has 192 valence electrons. The molecule has 0 amide bonds. The van der Waals surface area contributed by atoms with E-state index in [1.165, 1.54) is 0 Å². The van der Waals surface area contributed by atoms with Crippen LogP contribution >= 0.6 is 0 Å². The number of nitrogens with one attached hydrogen (secondary N) is 3. The van der Waals surface area contributed by atoms with Gasteiger partial charge >= 0.3 is 0 Å². The maximum absolute atomic E-state index is 12.8. The molecule has 0 aliphatic carbocycles. The first-order chi connectivity index (χ1) is 17.2. The van der Waals surface area contributed by atoms with Crippen LogP contribution in [0.25, 0.3) is 11.3 Å². The normalized spacial score (nSPS) is 12.2. The van der Waals surface area contributed by atoms with E-state index in [1.807, 2.05) is 19.2 Å². The van der Waals surface area contributed by atoms with Crippen molar-refractivity contribution in [1.82, 2.24) is 15.3 Å². The first-order valence-corrected chi connectivity index (χ1v) is 13.0. The van der Waals surface area contributed by atoms with Crippen LogP contribution in [0.3, 0.4) is 0 Å². The fraction of sp³-hybridized carbons (Fsp3) is 0.308. The SMILES string of the molecule is CNCc1ccc(C(=N)OC(=N)c2nc(-c3ccc(S(=O)(=O)C(C)CCOC)cc3)cnc2C)cc1.[HH]. The molecule has 1 aromatic heterocycles. The molecule has 0 bridgehead atoms. The summed E-state index contributed by atoms with van der Waals surface area (Å²) in [5.41, 5.74) is 3.40. The zero-order chi connectivity index (χ0) is 26.3. The molecule has 3 N–H and O–H groups in total. The van der Waals surface area contributed by atoms with E-state index < -0.39 is 15.1 Å². The lowest BCUT2D eigenvalue weighted by molar-refractivity contribution is 0.194. The van der Waals surface area contributed by atoms with Crippen molar-refractivity contribution < 1.29 is 19.3 Å². The van der Waals surface area contributed by atoms with E-state index in [0.717, 1.165) is 5.56 Å². The van der Waals surface area contributed by atoms with Gasteiger partial charge in [-0.15, -0.1) is 0 Å². The van der Waals surface area contributed by atoms with Gasteiger partial charge in [0.25, 0.3) is 0 Å². The lowest BCUT2D eigenvalue weighted by Gasteiger charge is -2.13. The van der Waals surface area contributed by atoms with Crippen molar-refractivity contribution in [3.05, 3.63) is 77.2 Å². The summed E-state index contributed by atoms with van der Waals surface area (Å²) < 4.78 is 36.1. The maximum Gasteiger partial charge on any atom is 0.241 e. The first kappa shape index (κ1) is 27.1. The standard InChI is InChI=1S/C26H31N5O4S.H2/c1-17(13-14-34-4)36(32,33)22-11-9-20(10-12-22)23-16-30-18(2)24(31-23)26(28)35-25(27)21-7-5-19(6-8-21)15-29-3;/h5-12,16-17,27-29H,13-15H2,1-4H3;1H. The molecule has 0 aliphatic rings. The van der Waals surface area contributed by atoms with Gasteiger partial charge in [-0.05, 0) is 57.1 Å². The number of hydrogen-bond acceptors (Lipinski definition) is 9. The highest BCUT2D eigenvalue weighted by Crippen LogP contribution is 2.23. The number of benzene rings is 2. The van der Waals surface area contributed by atoms with E-state index in [-0.39, 0.29) is 23.8 Å². The second-order valence-electron chi connectivity index (χ2n) is 8.34. The van der Waals surface area contributed by atoms with E-state index in [1.54, 1.807) is 63.6 Å². The predicted molar refractivity (Wildman–Crippen MR) is 141 cm³/mol. The van der Waals surface area contributed by atoms with Crippen molar-refractivity contribution >= 4 is 21.6 Å². The molecule has 1 heterocycles. The zero-order valence-electron chi connectivity index (χ0n) is 20.8. The number of ether oxygens (including phenoxy) is 2. The minimum absolute atomic E-state index is 0. The number of aromatic nitrogens is 2. The van der Waals surface area contributed by atoms with Crippen molar-refractivity contribution in [2.45, 2.75) is 37.0 Å². The van der Waals surface area contributed by atoms with Crippen LogP contribution in [0.4, 0.5) is 0 Å². The molecule has 3 aromatic rings. The van der Waals surface area contributed by atoms with Crippen LogP contribution in [0.2, 0.25) is 0 Å². The Morgan fingerprint density at radius 2 is 1.75 bits per heavy atom. The molecular formula is C26H33N5O4S. The van der Waals surface area contributed by atoms with Crippen molar-refractivity contribution in [3.8, 4) is 11.3 Å².